The standard InChI is InChI=1S/C12H22N2O2/c1-3-14-7-6-13(8-11(14)15)9-12(4-5-12)10-16-2/h3-10H2,1-2H3. The number of methoxy groups -OCH3 is 1. The lowest BCUT2D eigenvalue weighted by Gasteiger charge is -2.35. The van der Waals surface area contributed by atoms with Gasteiger partial charge in [-0.15, -0.1) is 0 Å². The number of hydrogen-bond donors (Lipinski definition) is 0. The van der Waals surface area contributed by atoms with E-state index >= 15 is 0 Å². The number of ether oxygens (including phenoxy) is 1. The summed E-state index contributed by atoms with van der Waals surface area (Å²) in [5.74, 6) is 0.280. The second-order valence-corrected chi connectivity index (χ2v) is 5.12. The zero-order chi connectivity index (χ0) is 11.6. The first-order valence-electron chi connectivity index (χ1n) is 6.18. The third-order valence-electron chi connectivity index (χ3n) is 3.75. The van der Waals surface area contributed by atoms with Crippen LogP contribution >= 0.6 is 0 Å². The van der Waals surface area contributed by atoms with Gasteiger partial charge in [0.1, 0.15) is 0 Å². The van der Waals surface area contributed by atoms with Gasteiger partial charge in [0.25, 0.3) is 0 Å². The largest absolute Gasteiger partial charge is 0.384 e. The molecule has 0 radical (unpaired) electrons. The molecule has 2 aliphatic rings. The smallest absolute Gasteiger partial charge is 0.236 e. The average Bonchev–Trinajstić information content (AvgIpc) is 2.99. The molecule has 2 fully saturated rings. The van der Waals surface area contributed by atoms with Crippen molar-refractivity contribution in [1.82, 2.24) is 9.80 Å². The van der Waals surface area contributed by atoms with E-state index in [0.717, 1.165) is 32.8 Å². The van der Waals surface area contributed by atoms with Gasteiger partial charge in [-0.05, 0) is 19.8 Å². The Hall–Kier alpha value is -0.610. The monoisotopic (exact) mass is 226 g/mol. The fourth-order valence-corrected chi connectivity index (χ4v) is 2.53. The summed E-state index contributed by atoms with van der Waals surface area (Å²) >= 11 is 0. The van der Waals surface area contributed by atoms with Crippen molar-refractivity contribution in [2.45, 2.75) is 19.8 Å². The van der Waals surface area contributed by atoms with Gasteiger partial charge in [0, 0.05) is 38.7 Å². The van der Waals surface area contributed by atoms with Gasteiger partial charge in [-0.2, -0.15) is 0 Å². The molecule has 92 valence electrons. The second kappa shape index (κ2) is 4.72. The van der Waals surface area contributed by atoms with Crippen LogP contribution < -0.4 is 0 Å². The lowest BCUT2D eigenvalue weighted by atomic mass is 10.1. The molecule has 0 bridgehead atoms. The van der Waals surface area contributed by atoms with Crippen LogP contribution in [0.5, 0.6) is 0 Å². The Morgan fingerprint density at radius 3 is 2.62 bits per heavy atom. The minimum absolute atomic E-state index is 0.280. The van der Waals surface area contributed by atoms with E-state index in [9.17, 15) is 4.79 Å². The molecule has 0 aromatic rings. The number of nitrogens with zero attached hydrogens (tertiary/aromatic N) is 2. The molecule has 1 saturated heterocycles. The van der Waals surface area contributed by atoms with Crippen molar-refractivity contribution in [2.24, 2.45) is 5.41 Å². The van der Waals surface area contributed by atoms with Crippen LogP contribution in [0.4, 0.5) is 0 Å². The second-order valence-electron chi connectivity index (χ2n) is 5.12. The van der Waals surface area contributed by atoms with Gasteiger partial charge in [-0.25, -0.2) is 0 Å². The zero-order valence-electron chi connectivity index (χ0n) is 10.4. The number of carbonyl (C=O) groups is 1. The number of carbonyl (C=O) groups excluding carboxylic acids is 1. The van der Waals surface area contributed by atoms with E-state index < -0.39 is 0 Å². The molecule has 4 nitrogen and oxygen atoms in total. The summed E-state index contributed by atoms with van der Waals surface area (Å²) < 4.78 is 5.26. The van der Waals surface area contributed by atoms with Gasteiger partial charge in [0.05, 0.1) is 13.2 Å². The fourth-order valence-electron chi connectivity index (χ4n) is 2.53. The van der Waals surface area contributed by atoms with Crippen molar-refractivity contribution in [1.29, 1.82) is 0 Å². The summed E-state index contributed by atoms with van der Waals surface area (Å²) in [5.41, 5.74) is 0.364. The maximum absolute atomic E-state index is 11.8. The zero-order valence-corrected chi connectivity index (χ0v) is 10.4. The highest BCUT2D eigenvalue weighted by Crippen LogP contribution is 2.46. The quantitative estimate of drug-likeness (QED) is 0.687. The van der Waals surface area contributed by atoms with E-state index in [0.29, 0.717) is 12.0 Å². The molecular weight excluding hydrogens is 204 g/mol. The first-order valence-corrected chi connectivity index (χ1v) is 6.18. The van der Waals surface area contributed by atoms with E-state index in [4.69, 9.17) is 4.74 Å². The van der Waals surface area contributed by atoms with E-state index in [1.165, 1.54) is 12.8 Å². The summed E-state index contributed by atoms with van der Waals surface area (Å²) in [6, 6.07) is 0. The molecule has 0 aromatic heterocycles. The normalized spacial score (nSPS) is 24.9. The van der Waals surface area contributed by atoms with E-state index in [2.05, 4.69) is 4.90 Å². The predicted octanol–water partition coefficient (Wildman–Crippen LogP) is 0.577. The summed E-state index contributed by atoms with van der Waals surface area (Å²) in [6.45, 7) is 7.26. The molecule has 16 heavy (non-hydrogen) atoms. The number of piperazine rings is 1. The minimum Gasteiger partial charge on any atom is -0.384 e. The Kier molecular flexibility index (Phi) is 3.50. The van der Waals surface area contributed by atoms with Crippen LogP contribution in [-0.4, -0.2) is 62.1 Å². The number of hydrogen-bond acceptors (Lipinski definition) is 3. The minimum atomic E-state index is 0.280. The van der Waals surface area contributed by atoms with Crippen molar-refractivity contribution < 1.29 is 9.53 Å². The van der Waals surface area contributed by atoms with Crippen molar-refractivity contribution in [3.05, 3.63) is 0 Å². The van der Waals surface area contributed by atoms with Gasteiger partial charge < -0.3 is 9.64 Å². The van der Waals surface area contributed by atoms with Crippen LogP contribution in [0, 0.1) is 5.41 Å². The SMILES string of the molecule is CCN1CCN(CC2(COC)CC2)CC1=O. The Bertz CT molecular complexity index is 264. The van der Waals surface area contributed by atoms with Gasteiger partial charge in [-0.3, -0.25) is 9.69 Å². The molecule has 2 rings (SSSR count). The van der Waals surface area contributed by atoms with Gasteiger partial charge >= 0.3 is 0 Å². The molecule has 4 heteroatoms. The molecule has 0 atom stereocenters. The molecule has 0 N–H and O–H groups in total. The summed E-state index contributed by atoms with van der Waals surface area (Å²) in [7, 11) is 1.76. The molecule has 1 heterocycles. The van der Waals surface area contributed by atoms with Crippen molar-refractivity contribution in [3.8, 4) is 0 Å². The van der Waals surface area contributed by atoms with Gasteiger partial charge in [0.2, 0.25) is 5.91 Å². The molecule has 1 amide bonds. The van der Waals surface area contributed by atoms with Crippen LogP contribution in [0.25, 0.3) is 0 Å². The molecule has 1 aliphatic carbocycles. The molecule has 1 aliphatic heterocycles. The van der Waals surface area contributed by atoms with Crippen LogP contribution in [0.15, 0.2) is 0 Å². The van der Waals surface area contributed by atoms with Crippen LogP contribution in [0.1, 0.15) is 19.8 Å². The highest BCUT2D eigenvalue weighted by Gasteiger charge is 2.44. The van der Waals surface area contributed by atoms with Gasteiger partial charge in [-0.1, -0.05) is 0 Å². The highest BCUT2D eigenvalue weighted by molar-refractivity contribution is 5.78. The average molecular weight is 226 g/mol. The number of likely N-dealkylation sites (N-methyl/N-ethyl adjacent to an activating group) is 1. The topological polar surface area (TPSA) is 32.8 Å². The fraction of sp³-hybridized carbons (Fsp3) is 0.917. The van der Waals surface area contributed by atoms with Crippen molar-refractivity contribution in [3.63, 3.8) is 0 Å². The highest BCUT2D eigenvalue weighted by atomic mass is 16.5. The molecule has 0 aromatic carbocycles. The van der Waals surface area contributed by atoms with Crippen LogP contribution in [-0.2, 0) is 9.53 Å². The summed E-state index contributed by atoms with van der Waals surface area (Å²) in [5, 5.41) is 0. The number of amides is 1. The lowest BCUT2D eigenvalue weighted by Crippen LogP contribution is -2.51. The first-order chi connectivity index (χ1) is 7.69. The van der Waals surface area contributed by atoms with Crippen molar-refractivity contribution >= 4 is 5.91 Å². The maximum Gasteiger partial charge on any atom is 0.236 e. The Balaban J connectivity index is 1.82. The van der Waals surface area contributed by atoms with E-state index in [1.807, 2.05) is 11.8 Å². The van der Waals surface area contributed by atoms with E-state index in [-0.39, 0.29) is 5.91 Å². The Labute approximate surface area is 97.5 Å². The lowest BCUT2D eigenvalue weighted by molar-refractivity contribution is -0.136. The Morgan fingerprint density at radius 2 is 2.12 bits per heavy atom. The molecule has 0 unspecified atom stereocenters. The first kappa shape index (κ1) is 11.9. The molecule has 0 spiro atoms. The maximum atomic E-state index is 11.8. The van der Waals surface area contributed by atoms with Crippen LogP contribution in [0.3, 0.4) is 0 Å². The number of rotatable bonds is 5. The predicted molar refractivity (Wildman–Crippen MR) is 62.2 cm³/mol. The third-order valence-corrected chi connectivity index (χ3v) is 3.75. The van der Waals surface area contributed by atoms with Gasteiger partial charge in [0.15, 0.2) is 0 Å². The van der Waals surface area contributed by atoms with E-state index in [1.54, 1.807) is 7.11 Å². The van der Waals surface area contributed by atoms with Crippen LogP contribution in [0.2, 0.25) is 0 Å². The Morgan fingerprint density at radius 1 is 1.38 bits per heavy atom. The third kappa shape index (κ3) is 2.55. The molecular formula is C12H22N2O2. The molecule has 1 saturated carbocycles. The summed E-state index contributed by atoms with van der Waals surface area (Å²) in [4.78, 5) is 16.0. The summed E-state index contributed by atoms with van der Waals surface area (Å²) in [6.07, 6.45) is 2.51. The van der Waals surface area contributed by atoms with Crippen molar-refractivity contribution in [2.75, 3.05) is 46.4 Å².